The van der Waals surface area contributed by atoms with E-state index in [0.717, 1.165) is 20.3 Å². The maximum atomic E-state index is 12.8. The highest BCUT2D eigenvalue weighted by Gasteiger charge is 2.34. The smallest absolute Gasteiger partial charge is 0.496 e. The van der Waals surface area contributed by atoms with E-state index in [2.05, 4.69) is 14.5 Å². The van der Waals surface area contributed by atoms with Crippen molar-refractivity contribution >= 4 is 5.97 Å². The summed E-state index contributed by atoms with van der Waals surface area (Å²) >= 11 is 0. The Bertz CT molecular complexity index is 490. The van der Waals surface area contributed by atoms with Crippen molar-refractivity contribution in [1.82, 2.24) is 4.98 Å². The zero-order valence-electron chi connectivity index (χ0n) is 10.6. The van der Waals surface area contributed by atoms with Gasteiger partial charge < -0.3 is 14.2 Å². The van der Waals surface area contributed by atoms with E-state index < -0.39 is 36.9 Å². The molecule has 0 aliphatic rings. The summed E-state index contributed by atoms with van der Waals surface area (Å²) in [7, 11) is 2.26. The van der Waals surface area contributed by atoms with Crippen LogP contribution >= 0.6 is 0 Å². The van der Waals surface area contributed by atoms with Crippen molar-refractivity contribution in [2.24, 2.45) is 0 Å². The standard InChI is InChI=1S/C11H11F4NO4/c1-18-8-3-6(4-9(17)19-2)16-10(7(8)5-12)20-11(13,14)15/h3H,4-5H2,1-2H3. The van der Waals surface area contributed by atoms with Gasteiger partial charge in [0.2, 0.25) is 5.88 Å². The van der Waals surface area contributed by atoms with Gasteiger partial charge in [0, 0.05) is 6.07 Å². The van der Waals surface area contributed by atoms with Crippen LogP contribution in [0.4, 0.5) is 17.6 Å². The summed E-state index contributed by atoms with van der Waals surface area (Å²) in [5.41, 5.74) is -0.580. The predicted octanol–water partition coefficient (Wildman–Crippen LogP) is 2.17. The molecule has 0 saturated heterocycles. The molecule has 9 heteroatoms. The number of alkyl halides is 4. The van der Waals surface area contributed by atoms with Crippen LogP contribution in [0.1, 0.15) is 11.3 Å². The Morgan fingerprint density at radius 3 is 2.45 bits per heavy atom. The molecule has 0 aromatic carbocycles. The molecule has 0 bridgehead atoms. The molecule has 0 amide bonds. The molecule has 0 radical (unpaired) electrons. The topological polar surface area (TPSA) is 57.7 Å². The van der Waals surface area contributed by atoms with E-state index in [0.29, 0.717) is 0 Å². The van der Waals surface area contributed by atoms with E-state index in [1.54, 1.807) is 0 Å². The third-order valence-electron chi connectivity index (χ3n) is 2.22. The molecule has 112 valence electrons. The summed E-state index contributed by atoms with van der Waals surface area (Å²) < 4.78 is 62.3. The van der Waals surface area contributed by atoms with E-state index in [9.17, 15) is 22.4 Å². The molecule has 1 aromatic rings. The van der Waals surface area contributed by atoms with Crippen molar-refractivity contribution in [2.75, 3.05) is 14.2 Å². The number of carbonyl (C=O) groups excluding carboxylic acids is 1. The Morgan fingerprint density at radius 2 is 2.00 bits per heavy atom. The summed E-state index contributed by atoms with van der Waals surface area (Å²) in [6, 6.07) is 1.15. The molecular weight excluding hydrogens is 286 g/mol. The van der Waals surface area contributed by atoms with Gasteiger partial charge in [0.1, 0.15) is 12.4 Å². The van der Waals surface area contributed by atoms with Gasteiger partial charge in [0.25, 0.3) is 0 Å². The third kappa shape index (κ3) is 4.25. The van der Waals surface area contributed by atoms with Crippen molar-refractivity contribution in [3.8, 4) is 11.6 Å². The van der Waals surface area contributed by atoms with E-state index in [4.69, 9.17) is 4.74 Å². The van der Waals surface area contributed by atoms with Crippen LogP contribution in [0, 0.1) is 0 Å². The van der Waals surface area contributed by atoms with Crippen molar-refractivity contribution in [3.63, 3.8) is 0 Å². The first-order chi connectivity index (χ1) is 9.30. The number of hydrogen-bond donors (Lipinski definition) is 0. The summed E-state index contributed by atoms with van der Waals surface area (Å²) in [5, 5.41) is 0. The second-order valence-corrected chi connectivity index (χ2v) is 3.53. The first kappa shape index (κ1) is 16.0. The Labute approximate surface area is 111 Å². The van der Waals surface area contributed by atoms with Gasteiger partial charge in [-0.25, -0.2) is 9.37 Å². The Balaban J connectivity index is 3.23. The van der Waals surface area contributed by atoms with Crippen LogP contribution in [0.25, 0.3) is 0 Å². The quantitative estimate of drug-likeness (QED) is 0.616. The first-order valence-corrected chi connectivity index (χ1v) is 5.26. The van der Waals surface area contributed by atoms with Crippen molar-refractivity contribution < 1.29 is 36.6 Å². The highest BCUT2D eigenvalue weighted by Crippen LogP contribution is 2.32. The molecule has 0 spiro atoms. The van der Waals surface area contributed by atoms with Gasteiger partial charge in [0.15, 0.2) is 0 Å². The number of esters is 1. The number of hydrogen-bond acceptors (Lipinski definition) is 5. The Morgan fingerprint density at radius 1 is 1.35 bits per heavy atom. The molecule has 1 rings (SSSR count). The van der Waals surface area contributed by atoms with Gasteiger partial charge in [-0.05, 0) is 0 Å². The van der Waals surface area contributed by atoms with Crippen LogP contribution in [-0.2, 0) is 22.6 Å². The van der Waals surface area contributed by atoms with Crippen LogP contribution in [0.15, 0.2) is 6.07 Å². The van der Waals surface area contributed by atoms with Crippen LogP contribution < -0.4 is 9.47 Å². The molecule has 0 N–H and O–H groups in total. The van der Waals surface area contributed by atoms with Crippen molar-refractivity contribution in [2.45, 2.75) is 19.5 Å². The average Bonchev–Trinajstić information content (AvgIpc) is 2.36. The summed E-state index contributed by atoms with van der Waals surface area (Å²) in [4.78, 5) is 14.6. The van der Waals surface area contributed by atoms with Gasteiger partial charge >= 0.3 is 12.3 Å². The SMILES string of the molecule is COC(=O)Cc1cc(OC)c(CF)c(OC(F)(F)F)n1. The lowest BCUT2D eigenvalue weighted by molar-refractivity contribution is -0.276. The molecule has 1 aromatic heterocycles. The largest absolute Gasteiger partial charge is 0.574 e. The molecule has 20 heavy (non-hydrogen) atoms. The summed E-state index contributed by atoms with van der Waals surface area (Å²) in [6.45, 7) is -1.26. The number of rotatable bonds is 5. The molecule has 1 heterocycles. The van der Waals surface area contributed by atoms with Crippen molar-refractivity contribution in [1.29, 1.82) is 0 Å². The molecule has 0 unspecified atom stereocenters. The normalized spacial score (nSPS) is 11.1. The van der Waals surface area contributed by atoms with E-state index in [-0.39, 0.29) is 11.4 Å². The minimum absolute atomic E-state index is 0.0925. The fraction of sp³-hybridized carbons (Fsp3) is 0.455. The van der Waals surface area contributed by atoms with Gasteiger partial charge in [-0.2, -0.15) is 0 Å². The molecule has 0 fully saturated rings. The fourth-order valence-corrected chi connectivity index (χ4v) is 1.38. The molecule has 5 nitrogen and oxygen atoms in total. The zero-order chi connectivity index (χ0) is 15.3. The zero-order valence-corrected chi connectivity index (χ0v) is 10.6. The number of nitrogens with zero attached hydrogens (tertiary/aromatic N) is 1. The first-order valence-electron chi connectivity index (χ1n) is 5.26. The number of aromatic nitrogens is 1. The number of carbonyl (C=O) groups is 1. The highest BCUT2D eigenvalue weighted by molar-refractivity contribution is 5.72. The average molecular weight is 297 g/mol. The molecular formula is C11H11F4NO4. The van der Waals surface area contributed by atoms with Crippen LogP contribution in [0.3, 0.4) is 0 Å². The van der Waals surface area contributed by atoms with Crippen LogP contribution in [0.2, 0.25) is 0 Å². The summed E-state index contributed by atoms with van der Waals surface area (Å²) in [5.74, 6) is -1.90. The highest BCUT2D eigenvalue weighted by atomic mass is 19.4. The van der Waals surface area contributed by atoms with Gasteiger partial charge in [0.05, 0.1) is 31.9 Å². The van der Waals surface area contributed by atoms with E-state index in [1.165, 1.54) is 0 Å². The number of pyridine rings is 1. The molecule has 0 aliphatic carbocycles. The Kier molecular flexibility index (Phi) is 5.12. The minimum atomic E-state index is -5.04. The van der Waals surface area contributed by atoms with Crippen LogP contribution in [-0.4, -0.2) is 31.5 Å². The van der Waals surface area contributed by atoms with E-state index in [1.807, 2.05) is 0 Å². The maximum Gasteiger partial charge on any atom is 0.574 e. The molecule has 0 atom stereocenters. The number of ether oxygens (including phenoxy) is 3. The van der Waals surface area contributed by atoms with E-state index >= 15 is 0 Å². The van der Waals surface area contributed by atoms with Gasteiger partial charge in [-0.1, -0.05) is 0 Å². The number of methoxy groups -OCH3 is 2. The maximum absolute atomic E-state index is 12.8. The lowest BCUT2D eigenvalue weighted by atomic mass is 10.2. The van der Waals surface area contributed by atoms with Crippen LogP contribution in [0.5, 0.6) is 11.6 Å². The van der Waals surface area contributed by atoms with Gasteiger partial charge in [-0.3, -0.25) is 4.79 Å². The molecule has 0 saturated carbocycles. The van der Waals surface area contributed by atoms with Crippen molar-refractivity contribution in [3.05, 3.63) is 17.3 Å². The predicted molar refractivity (Wildman–Crippen MR) is 58.0 cm³/mol. The third-order valence-corrected chi connectivity index (χ3v) is 2.22. The second kappa shape index (κ2) is 6.40. The Hall–Kier alpha value is -2.06. The summed E-state index contributed by atoms with van der Waals surface area (Å²) in [6.07, 6.45) is -5.43. The monoisotopic (exact) mass is 297 g/mol. The minimum Gasteiger partial charge on any atom is -0.496 e. The fourth-order valence-electron chi connectivity index (χ4n) is 1.38. The lowest BCUT2D eigenvalue weighted by Gasteiger charge is -2.14. The second-order valence-electron chi connectivity index (χ2n) is 3.53. The lowest BCUT2D eigenvalue weighted by Crippen LogP contribution is -2.20. The molecule has 0 aliphatic heterocycles. The van der Waals surface area contributed by atoms with Gasteiger partial charge in [-0.15, -0.1) is 13.2 Å². The number of halogens is 4.